The van der Waals surface area contributed by atoms with Gasteiger partial charge in [-0.1, -0.05) is 41.5 Å². The standard InChI is InChI=1S/C20H34/c1-19(2,3)17-13-10-14(18(17)20(4,5)6)16-12-8-7-11(9-12)15(13)16/h11-18H,7-10H2,1-6H3. The van der Waals surface area contributed by atoms with Crippen molar-refractivity contribution in [1.29, 1.82) is 0 Å². The second kappa shape index (κ2) is 3.85. The molecule has 0 aliphatic heterocycles. The monoisotopic (exact) mass is 274 g/mol. The second-order valence-electron chi connectivity index (χ2n) is 10.8. The minimum Gasteiger partial charge on any atom is -0.0599 e. The Morgan fingerprint density at radius 2 is 1.00 bits per heavy atom. The van der Waals surface area contributed by atoms with Crippen molar-refractivity contribution in [2.45, 2.75) is 67.2 Å². The van der Waals surface area contributed by atoms with Gasteiger partial charge in [-0.3, -0.25) is 0 Å². The van der Waals surface area contributed by atoms with Crippen LogP contribution in [-0.4, -0.2) is 0 Å². The fraction of sp³-hybridized carbons (Fsp3) is 1.00. The van der Waals surface area contributed by atoms with Crippen molar-refractivity contribution in [3.63, 3.8) is 0 Å². The molecule has 4 saturated carbocycles. The minimum atomic E-state index is 0.504. The Kier molecular flexibility index (Phi) is 2.63. The topological polar surface area (TPSA) is 0 Å². The van der Waals surface area contributed by atoms with Crippen molar-refractivity contribution in [2.75, 3.05) is 0 Å². The van der Waals surface area contributed by atoms with Crippen LogP contribution < -0.4 is 0 Å². The van der Waals surface area contributed by atoms with Crippen molar-refractivity contribution < 1.29 is 0 Å². The Hall–Kier alpha value is 0. The van der Waals surface area contributed by atoms with Gasteiger partial charge in [0.2, 0.25) is 0 Å². The Bertz CT molecular complexity index is 369. The fourth-order valence-corrected chi connectivity index (χ4v) is 7.95. The Labute approximate surface area is 126 Å². The van der Waals surface area contributed by atoms with Crippen LogP contribution in [0.4, 0.5) is 0 Å². The SMILES string of the molecule is CC(C)(C)C1C2CC(C3C4CCC(C4)C23)C1C(C)(C)C. The lowest BCUT2D eigenvalue weighted by Crippen LogP contribution is -2.47. The quantitative estimate of drug-likeness (QED) is 0.503. The summed E-state index contributed by atoms with van der Waals surface area (Å²) in [5, 5.41) is 0. The Morgan fingerprint density at radius 1 is 0.600 bits per heavy atom. The van der Waals surface area contributed by atoms with Crippen LogP contribution in [0, 0.1) is 58.2 Å². The molecule has 0 heteroatoms. The summed E-state index contributed by atoms with van der Waals surface area (Å²) in [4.78, 5) is 0. The third-order valence-corrected chi connectivity index (χ3v) is 7.89. The van der Waals surface area contributed by atoms with Gasteiger partial charge in [0, 0.05) is 0 Å². The summed E-state index contributed by atoms with van der Waals surface area (Å²) >= 11 is 0. The molecule has 0 heterocycles. The van der Waals surface area contributed by atoms with Gasteiger partial charge in [-0.25, -0.2) is 0 Å². The zero-order valence-corrected chi connectivity index (χ0v) is 14.4. The maximum atomic E-state index is 2.53. The van der Waals surface area contributed by atoms with Gasteiger partial charge in [0.15, 0.2) is 0 Å². The Balaban J connectivity index is 1.74. The van der Waals surface area contributed by atoms with E-state index in [0.29, 0.717) is 10.8 Å². The molecule has 20 heavy (non-hydrogen) atoms. The predicted octanol–water partition coefficient (Wildman–Crippen LogP) is 5.62. The molecule has 114 valence electrons. The largest absolute Gasteiger partial charge is 0.0599 e. The first kappa shape index (κ1) is 13.6. The summed E-state index contributed by atoms with van der Waals surface area (Å²) in [7, 11) is 0. The lowest BCUT2D eigenvalue weighted by molar-refractivity contribution is -0.0443. The van der Waals surface area contributed by atoms with Gasteiger partial charge >= 0.3 is 0 Å². The van der Waals surface area contributed by atoms with Crippen LogP contribution in [0.25, 0.3) is 0 Å². The average molecular weight is 274 g/mol. The molecule has 0 aromatic heterocycles. The molecule has 0 amide bonds. The Morgan fingerprint density at radius 3 is 1.35 bits per heavy atom. The molecule has 8 atom stereocenters. The van der Waals surface area contributed by atoms with E-state index in [-0.39, 0.29) is 0 Å². The minimum absolute atomic E-state index is 0.504. The molecule has 0 saturated heterocycles. The third-order valence-electron chi connectivity index (χ3n) is 7.89. The van der Waals surface area contributed by atoms with Crippen LogP contribution in [0.15, 0.2) is 0 Å². The van der Waals surface area contributed by atoms with Gasteiger partial charge in [-0.15, -0.1) is 0 Å². The molecule has 4 bridgehead atoms. The fourth-order valence-electron chi connectivity index (χ4n) is 7.95. The first-order chi connectivity index (χ1) is 9.19. The zero-order chi connectivity index (χ0) is 14.4. The predicted molar refractivity (Wildman–Crippen MR) is 85.3 cm³/mol. The van der Waals surface area contributed by atoms with Gasteiger partial charge < -0.3 is 0 Å². The summed E-state index contributed by atoms with van der Waals surface area (Å²) < 4.78 is 0. The zero-order valence-electron chi connectivity index (χ0n) is 14.4. The number of hydrogen-bond donors (Lipinski definition) is 0. The first-order valence-electron chi connectivity index (χ1n) is 9.19. The van der Waals surface area contributed by atoms with Crippen molar-refractivity contribution >= 4 is 0 Å². The van der Waals surface area contributed by atoms with Gasteiger partial charge in [-0.05, 0) is 83.9 Å². The van der Waals surface area contributed by atoms with Crippen LogP contribution in [-0.2, 0) is 0 Å². The summed E-state index contributed by atoms with van der Waals surface area (Å²) in [6.07, 6.45) is 6.35. The van der Waals surface area contributed by atoms with E-state index in [0.717, 1.165) is 47.3 Å². The van der Waals surface area contributed by atoms with Crippen LogP contribution in [0.3, 0.4) is 0 Å². The normalized spacial score (nSPS) is 53.7. The molecule has 0 N–H and O–H groups in total. The molecule has 4 rings (SSSR count). The molecule has 0 nitrogen and oxygen atoms in total. The van der Waals surface area contributed by atoms with E-state index in [1.165, 1.54) is 0 Å². The van der Waals surface area contributed by atoms with Crippen LogP contribution in [0.1, 0.15) is 67.2 Å². The molecule has 4 aliphatic carbocycles. The maximum Gasteiger partial charge on any atom is -0.0298 e. The van der Waals surface area contributed by atoms with Crippen LogP contribution in [0.5, 0.6) is 0 Å². The molecule has 4 aliphatic rings. The van der Waals surface area contributed by atoms with Crippen molar-refractivity contribution in [1.82, 2.24) is 0 Å². The second-order valence-corrected chi connectivity index (χ2v) is 10.8. The maximum absolute atomic E-state index is 2.53. The van der Waals surface area contributed by atoms with Gasteiger partial charge in [-0.2, -0.15) is 0 Å². The number of hydrogen-bond acceptors (Lipinski definition) is 0. The van der Waals surface area contributed by atoms with Crippen molar-refractivity contribution in [3.05, 3.63) is 0 Å². The highest BCUT2D eigenvalue weighted by Crippen LogP contribution is 2.74. The molecule has 4 fully saturated rings. The molecule has 0 radical (unpaired) electrons. The molecular weight excluding hydrogens is 240 g/mol. The lowest BCUT2D eigenvalue weighted by atomic mass is 9.53. The smallest absolute Gasteiger partial charge is 0.0298 e. The first-order valence-corrected chi connectivity index (χ1v) is 9.19. The van der Waals surface area contributed by atoms with Gasteiger partial charge in [0.1, 0.15) is 0 Å². The molecular formula is C20H34. The van der Waals surface area contributed by atoms with E-state index >= 15 is 0 Å². The highest BCUT2D eigenvalue weighted by Gasteiger charge is 2.68. The summed E-state index contributed by atoms with van der Waals surface area (Å²) in [6, 6.07) is 0. The molecule has 0 spiro atoms. The number of fused-ring (bicyclic) bond motifs is 9. The van der Waals surface area contributed by atoms with E-state index in [1.54, 1.807) is 25.7 Å². The van der Waals surface area contributed by atoms with Crippen molar-refractivity contribution in [3.8, 4) is 0 Å². The van der Waals surface area contributed by atoms with Gasteiger partial charge in [0.05, 0.1) is 0 Å². The van der Waals surface area contributed by atoms with Crippen LogP contribution >= 0.6 is 0 Å². The molecule has 0 aromatic rings. The highest BCUT2D eigenvalue weighted by molar-refractivity contribution is 5.16. The van der Waals surface area contributed by atoms with Crippen molar-refractivity contribution in [2.24, 2.45) is 58.2 Å². The van der Waals surface area contributed by atoms with E-state index in [2.05, 4.69) is 41.5 Å². The lowest BCUT2D eigenvalue weighted by Gasteiger charge is -2.52. The summed E-state index contributed by atoms with van der Waals surface area (Å²) in [5.41, 5.74) is 1.01. The van der Waals surface area contributed by atoms with Crippen LogP contribution in [0.2, 0.25) is 0 Å². The van der Waals surface area contributed by atoms with E-state index in [1.807, 2.05) is 0 Å². The molecule has 0 aromatic carbocycles. The third kappa shape index (κ3) is 1.60. The number of rotatable bonds is 0. The van der Waals surface area contributed by atoms with E-state index in [4.69, 9.17) is 0 Å². The summed E-state index contributed by atoms with van der Waals surface area (Å²) in [6.45, 7) is 15.2. The van der Waals surface area contributed by atoms with E-state index < -0.39 is 0 Å². The highest BCUT2D eigenvalue weighted by atomic mass is 14.7. The molecule has 8 unspecified atom stereocenters. The van der Waals surface area contributed by atoms with Gasteiger partial charge in [0.25, 0.3) is 0 Å². The average Bonchev–Trinajstić information content (AvgIpc) is 3.03. The summed E-state index contributed by atoms with van der Waals surface area (Å²) in [5.74, 6) is 8.65. The van der Waals surface area contributed by atoms with E-state index in [9.17, 15) is 0 Å².